The first-order valence-corrected chi connectivity index (χ1v) is 8.47. The Bertz CT molecular complexity index is 821. The summed E-state index contributed by atoms with van der Waals surface area (Å²) in [7, 11) is 1.62. The minimum absolute atomic E-state index is 0.387. The maximum atomic E-state index is 5.27. The van der Waals surface area contributed by atoms with Crippen LogP contribution in [0.5, 0.6) is 0 Å². The van der Waals surface area contributed by atoms with Gasteiger partial charge in [-0.1, -0.05) is 17.3 Å². The Morgan fingerprint density at radius 2 is 1.96 bits per heavy atom. The second kappa shape index (κ2) is 7.30. The van der Waals surface area contributed by atoms with Gasteiger partial charge in [0.05, 0.1) is 18.3 Å². The van der Waals surface area contributed by atoms with Gasteiger partial charge in [0.1, 0.15) is 6.61 Å². The van der Waals surface area contributed by atoms with Crippen LogP contribution in [0.2, 0.25) is 0 Å². The molecule has 1 aromatic carbocycles. The first kappa shape index (κ1) is 16.2. The normalized spacial score (nSPS) is 16.7. The summed E-state index contributed by atoms with van der Waals surface area (Å²) < 4.78 is 10.3. The summed E-state index contributed by atoms with van der Waals surface area (Å²) in [6, 6.07) is 6.49. The number of H-pyrrole nitrogens is 1. The number of fused-ring (bicyclic) bond motifs is 1. The molecule has 1 aliphatic rings. The number of rotatable bonds is 6. The highest BCUT2D eigenvalue weighted by Crippen LogP contribution is 2.16. The van der Waals surface area contributed by atoms with Gasteiger partial charge < -0.3 is 9.26 Å². The predicted octanol–water partition coefficient (Wildman–Crippen LogP) is 1.41. The number of aromatic amines is 1. The molecule has 0 saturated carbocycles. The largest absolute Gasteiger partial charge is 0.377 e. The topological polar surface area (TPSA) is 83.3 Å². The SMILES string of the molecule is COCc1noc(CN2CCN(Cc3ccc4cn[nH]c4c3)CC2)n1. The highest BCUT2D eigenvalue weighted by Gasteiger charge is 2.19. The van der Waals surface area contributed by atoms with Gasteiger partial charge in [-0.15, -0.1) is 0 Å². The Balaban J connectivity index is 1.28. The van der Waals surface area contributed by atoms with E-state index in [0.29, 0.717) is 24.9 Å². The van der Waals surface area contributed by atoms with Crippen molar-refractivity contribution in [3.05, 3.63) is 41.7 Å². The molecule has 0 atom stereocenters. The average Bonchev–Trinajstić information content (AvgIpc) is 3.26. The van der Waals surface area contributed by atoms with E-state index in [4.69, 9.17) is 9.26 Å². The molecule has 1 saturated heterocycles. The molecule has 0 aliphatic carbocycles. The highest BCUT2D eigenvalue weighted by molar-refractivity contribution is 5.78. The molecular weight excluding hydrogens is 320 g/mol. The number of benzene rings is 1. The van der Waals surface area contributed by atoms with Crippen molar-refractivity contribution < 1.29 is 9.26 Å². The maximum absolute atomic E-state index is 5.27. The molecule has 0 bridgehead atoms. The molecule has 0 amide bonds. The minimum atomic E-state index is 0.387. The van der Waals surface area contributed by atoms with E-state index in [1.54, 1.807) is 7.11 Å². The third-order valence-electron chi connectivity index (χ3n) is 4.52. The Labute approximate surface area is 145 Å². The third kappa shape index (κ3) is 3.87. The standard InChI is InChI=1S/C17H22N6O2/c1-24-12-16-19-17(25-21-16)11-23-6-4-22(5-7-23)10-13-2-3-14-9-18-20-15(14)8-13/h2-3,8-9H,4-7,10-12H2,1H3,(H,18,20). The molecule has 1 aliphatic heterocycles. The second-order valence-corrected chi connectivity index (χ2v) is 6.38. The fraction of sp³-hybridized carbons (Fsp3) is 0.471. The number of aromatic nitrogens is 4. The lowest BCUT2D eigenvalue weighted by molar-refractivity contribution is 0.112. The van der Waals surface area contributed by atoms with Gasteiger partial charge in [0.15, 0.2) is 5.82 Å². The van der Waals surface area contributed by atoms with Crippen molar-refractivity contribution >= 4 is 10.9 Å². The number of nitrogens with zero attached hydrogens (tertiary/aromatic N) is 5. The van der Waals surface area contributed by atoms with E-state index in [9.17, 15) is 0 Å². The third-order valence-corrected chi connectivity index (χ3v) is 4.52. The zero-order valence-electron chi connectivity index (χ0n) is 14.3. The van der Waals surface area contributed by atoms with Crippen LogP contribution in [-0.4, -0.2) is 63.4 Å². The van der Waals surface area contributed by atoms with Gasteiger partial charge in [-0.25, -0.2) is 0 Å². The van der Waals surface area contributed by atoms with E-state index in [-0.39, 0.29) is 0 Å². The zero-order chi connectivity index (χ0) is 17.1. The van der Waals surface area contributed by atoms with Gasteiger partial charge in [0.2, 0.25) is 5.89 Å². The van der Waals surface area contributed by atoms with Crippen LogP contribution in [0.3, 0.4) is 0 Å². The van der Waals surface area contributed by atoms with Crippen LogP contribution in [-0.2, 0) is 24.4 Å². The van der Waals surface area contributed by atoms with E-state index in [0.717, 1.165) is 43.6 Å². The monoisotopic (exact) mass is 342 g/mol. The van der Waals surface area contributed by atoms with Crippen LogP contribution in [0, 0.1) is 0 Å². The molecule has 3 aromatic rings. The van der Waals surface area contributed by atoms with Gasteiger partial charge in [0.25, 0.3) is 0 Å². The van der Waals surface area contributed by atoms with Crippen molar-refractivity contribution in [1.29, 1.82) is 0 Å². The van der Waals surface area contributed by atoms with Crippen LogP contribution in [0.15, 0.2) is 28.9 Å². The van der Waals surface area contributed by atoms with Crippen molar-refractivity contribution in [2.75, 3.05) is 33.3 Å². The molecule has 2 aromatic heterocycles. The molecule has 25 heavy (non-hydrogen) atoms. The summed E-state index contributed by atoms with van der Waals surface area (Å²) in [4.78, 5) is 9.15. The highest BCUT2D eigenvalue weighted by atomic mass is 16.5. The van der Waals surface area contributed by atoms with Gasteiger partial charge in [-0.05, 0) is 11.6 Å². The Morgan fingerprint density at radius 3 is 2.76 bits per heavy atom. The van der Waals surface area contributed by atoms with E-state index in [2.05, 4.69) is 48.3 Å². The van der Waals surface area contributed by atoms with E-state index < -0.39 is 0 Å². The molecule has 3 heterocycles. The molecule has 132 valence electrons. The van der Waals surface area contributed by atoms with Crippen molar-refractivity contribution in [2.45, 2.75) is 19.7 Å². The summed E-state index contributed by atoms with van der Waals surface area (Å²) in [6.45, 7) is 6.09. The number of piperazine rings is 1. The van der Waals surface area contributed by atoms with Crippen molar-refractivity contribution in [3.63, 3.8) is 0 Å². The summed E-state index contributed by atoms with van der Waals surface area (Å²) in [5.74, 6) is 1.26. The number of hydrogen-bond acceptors (Lipinski definition) is 7. The number of ether oxygens (including phenoxy) is 1. The van der Waals surface area contributed by atoms with E-state index in [1.165, 1.54) is 5.56 Å². The second-order valence-electron chi connectivity index (χ2n) is 6.38. The quantitative estimate of drug-likeness (QED) is 0.725. The molecule has 0 spiro atoms. The average molecular weight is 342 g/mol. The van der Waals surface area contributed by atoms with Gasteiger partial charge in [0, 0.05) is 45.2 Å². The molecule has 8 heteroatoms. The molecule has 0 radical (unpaired) electrons. The van der Waals surface area contributed by atoms with Crippen molar-refractivity contribution in [2.24, 2.45) is 0 Å². The first-order chi connectivity index (χ1) is 12.3. The van der Waals surface area contributed by atoms with Gasteiger partial charge in [-0.2, -0.15) is 10.1 Å². The summed E-state index contributed by atoms with van der Waals surface area (Å²) in [5, 5.41) is 12.2. The Hall–Kier alpha value is -2.29. The predicted molar refractivity (Wildman–Crippen MR) is 91.7 cm³/mol. The lowest BCUT2D eigenvalue weighted by Gasteiger charge is -2.33. The van der Waals surface area contributed by atoms with Crippen LogP contribution in [0.25, 0.3) is 10.9 Å². The fourth-order valence-electron chi connectivity index (χ4n) is 3.18. The number of methoxy groups -OCH3 is 1. The molecule has 1 fully saturated rings. The number of nitrogens with one attached hydrogen (secondary N) is 1. The van der Waals surface area contributed by atoms with E-state index >= 15 is 0 Å². The Morgan fingerprint density at radius 1 is 1.16 bits per heavy atom. The Kier molecular flexibility index (Phi) is 4.73. The van der Waals surface area contributed by atoms with Crippen LogP contribution in [0.1, 0.15) is 17.3 Å². The molecular formula is C17H22N6O2. The molecule has 8 nitrogen and oxygen atoms in total. The summed E-state index contributed by atoms with van der Waals surface area (Å²) in [6.07, 6.45) is 1.85. The lowest BCUT2D eigenvalue weighted by Crippen LogP contribution is -2.45. The van der Waals surface area contributed by atoms with Crippen LogP contribution < -0.4 is 0 Å². The maximum Gasteiger partial charge on any atom is 0.240 e. The fourth-order valence-corrected chi connectivity index (χ4v) is 3.18. The van der Waals surface area contributed by atoms with Gasteiger partial charge in [-0.3, -0.25) is 14.9 Å². The van der Waals surface area contributed by atoms with E-state index in [1.807, 2.05) is 6.20 Å². The van der Waals surface area contributed by atoms with Crippen LogP contribution in [0.4, 0.5) is 0 Å². The molecule has 1 N–H and O–H groups in total. The van der Waals surface area contributed by atoms with Crippen LogP contribution >= 0.6 is 0 Å². The lowest BCUT2D eigenvalue weighted by atomic mass is 10.1. The smallest absolute Gasteiger partial charge is 0.240 e. The van der Waals surface area contributed by atoms with Gasteiger partial charge >= 0.3 is 0 Å². The summed E-state index contributed by atoms with van der Waals surface area (Å²) in [5.41, 5.74) is 2.41. The van der Waals surface area contributed by atoms with Crippen molar-refractivity contribution in [1.82, 2.24) is 30.1 Å². The minimum Gasteiger partial charge on any atom is -0.377 e. The molecule has 0 unspecified atom stereocenters. The number of hydrogen-bond donors (Lipinski definition) is 1. The zero-order valence-corrected chi connectivity index (χ0v) is 14.3. The molecule has 4 rings (SSSR count). The summed E-state index contributed by atoms with van der Waals surface area (Å²) >= 11 is 0. The first-order valence-electron chi connectivity index (χ1n) is 8.47. The van der Waals surface area contributed by atoms with Crippen molar-refractivity contribution in [3.8, 4) is 0 Å².